The summed E-state index contributed by atoms with van der Waals surface area (Å²) in [6.07, 6.45) is 0. The molecule has 0 amide bonds. The van der Waals surface area contributed by atoms with E-state index in [0.29, 0.717) is 10.5 Å². The zero-order valence-electron chi connectivity index (χ0n) is 11.4. The van der Waals surface area contributed by atoms with E-state index in [-0.39, 0.29) is 5.69 Å². The molecular formula is C14H15FN2O2S. The minimum Gasteiger partial charge on any atom is -0.481 e. The Morgan fingerprint density at radius 1 is 1.45 bits per heavy atom. The number of benzene rings is 1. The normalized spacial score (nSPS) is 13.5. The maximum atomic E-state index is 13.6. The number of carboxylic acid groups (broad SMARTS) is 1. The van der Waals surface area contributed by atoms with Crippen LogP contribution < -0.4 is 4.80 Å². The summed E-state index contributed by atoms with van der Waals surface area (Å²) >= 11 is 1.36. The number of para-hydroxylation sites is 1. The molecule has 0 aliphatic heterocycles. The Morgan fingerprint density at radius 2 is 2.10 bits per heavy atom. The number of aromatic nitrogens is 1. The van der Waals surface area contributed by atoms with Crippen LogP contribution in [-0.4, -0.2) is 15.6 Å². The van der Waals surface area contributed by atoms with Crippen molar-refractivity contribution in [2.75, 3.05) is 0 Å². The van der Waals surface area contributed by atoms with Crippen molar-refractivity contribution in [3.63, 3.8) is 0 Å². The van der Waals surface area contributed by atoms with Gasteiger partial charge < -0.3 is 9.67 Å². The lowest BCUT2D eigenvalue weighted by atomic mass is 10.1. The lowest BCUT2D eigenvalue weighted by molar-refractivity contribution is -0.138. The molecule has 0 bridgehead atoms. The molecule has 1 atom stereocenters. The average molecular weight is 294 g/mol. The van der Waals surface area contributed by atoms with Gasteiger partial charge in [0.2, 0.25) is 0 Å². The predicted molar refractivity (Wildman–Crippen MR) is 75.7 cm³/mol. The summed E-state index contributed by atoms with van der Waals surface area (Å²) in [5, 5.41) is 9.13. The lowest BCUT2D eigenvalue weighted by Gasteiger charge is -2.08. The van der Waals surface area contributed by atoms with Crippen molar-refractivity contribution in [3.8, 4) is 0 Å². The monoisotopic (exact) mass is 294 g/mol. The Balaban J connectivity index is 2.58. The number of aryl methyl sites for hydroxylation is 1. The molecule has 6 heteroatoms. The highest BCUT2D eigenvalue weighted by molar-refractivity contribution is 7.09. The molecule has 4 nitrogen and oxygen atoms in total. The maximum Gasteiger partial charge on any atom is 0.312 e. The molecule has 1 unspecified atom stereocenters. The van der Waals surface area contributed by atoms with Gasteiger partial charge in [0.15, 0.2) is 4.80 Å². The van der Waals surface area contributed by atoms with E-state index in [1.165, 1.54) is 17.4 Å². The van der Waals surface area contributed by atoms with Gasteiger partial charge in [-0.05, 0) is 26.0 Å². The predicted octanol–water partition coefficient (Wildman–Crippen LogP) is 2.95. The topological polar surface area (TPSA) is 54.6 Å². The van der Waals surface area contributed by atoms with Crippen LogP contribution in [0.5, 0.6) is 0 Å². The zero-order valence-corrected chi connectivity index (χ0v) is 12.2. The zero-order chi connectivity index (χ0) is 14.9. The van der Waals surface area contributed by atoms with E-state index in [1.54, 1.807) is 36.7 Å². The van der Waals surface area contributed by atoms with E-state index in [2.05, 4.69) is 4.99 Å². The van der Waals surface area contributed by atoms with Gasteiger partial charge in [0, 0.05) is 17.6 Å². The summed E-state index contributed by atoms with van der Waals surface area (Å²) < 4.78 is 15.3. The molecule has 0 aliphatic carbocycles. The summed E-state index contributed by atoms with van der Waals surface area (Å²) in [6, 6.07) is 6.25. The van der Waals surface area contributed by atoms with Crippen molar-refractivity contribution in [2.45, 2.75) is 19.8 Å². The third kappa shape index (κ3) is 2.65. The van der Waals surface area contributed by atoms with Crippen LogP contribution >= 0.6 is 11.3 Å². The minimum absolute atomic E-state index is 0.249. The first kappa shape index (κ1) is 14.5. The molecule has 0 spiro atoms. The number of hydrogen-bond donors (Lipinski definition) is 1. The summed E-state index contributed by atoms with van der Waals surface area (Å²) in [5.74, 6) is -1.91. The largest absolute Gasteiger partial charge is 0.481 e. The molecule has 0 fully saturated rings. The first-order valence-electron chi connectivity index (χ1n) is 6.10. The first-order chi connectivity index (χ1) is 9.41. The molecule has 2 aromatic rings. The molecule has 0 aliphatic rings. The van der Waals surface area contributed by atoms with Crippen LogP contribution in [0, 0.1) is 12.7 Å². The van der Waals surface area contributed by atoms with E-state index < -0.39 is 17.7 Å². The molecule has 20 heavy (non-hydrogen) atoms. The highest BCUT2D eigenvalue weighted by Gasteiger charge is 2.20. The van der Waals surface area contributed by atoms with Gasteiger partial charge in [0.1, 0.15) is 11.5 Å². The van der Waals surface area contributed by atoms with Crippen molar-refractivity contribution in [3.05, 3.63) is 45.5 Å². The van der Waals surface area contributed by atoms with Crippen LogP contribution in [0.25, 0.3) is 0 Å². The smallest absolute Gasteiger partial charge is 0.312 e. The summed E-state index contributed by atoms with van der Waals surface area (Å²) in [7, 11) is 1.75. The number of rotatable bonds is 3. The Labute approximate surface area is 119 Å². The van der Waals surface area contributed by atoms with Gasteiger partial charge in [0.05, 0.1) is 5.92 Å². The van der Waals surface area contributed by atoms with Gasteiger partial charge in [-0.3, -0.25) is 4.79 Å². The van der Waals surface area contributed by atoms with Crippen LogP contribution in [0.3, 0.4) is 0 Å². The van der Waals surface area contributed by atoms with E-state index in [4.69, 9.17) is 5.11 Å². The minimum atomic E-state index is -0.890. The fourth-order valence-corrected chi connectivity index (χ4v) is 3.12. The standard InChI is InChI=1S/C14H15FN2O2S/c1-8(13(18)19)12-9(2)20-14(17(12)3)16-11-7-5-4-6-10(11)15/h4-8H,1-3H3,(H,18,19)/b16-14+. The lowest BCUT2D eigenvalue weighted by Crippen LogP contribution is -2.18. The third-order valence-electron chi connectivity index (χ3n) is 3.10. The number of hydrogen-bond acceptors (Lipinski definition) is 3. The SMILES string of the molecule is Cc1s/c(=N/c2ccccc2F)n(C)c1C(C)C(=O)O. The van der Waals surface area contributed by atoms with Crippen molar-refractivity contribution in [1.29, 1.82) is 0 Å². The highest BCUT2D eigenvalue weighted by Crippen LogP contribution is 2.22. The fraction of sp³-hybridized carbons (Fsp3) is 0.286. The number of aliphatic carboxylic acids is 1. The average Bonchev–Trinajstić information content (AvgIpc) is 2.66. The molecular weight excluding hydrogens is 279 g/mol. The van der Waals surface area contributed by atoms with Gasteiger partial charge in [-0.25, -0.2) is 9.38 Å². The Kier molecular flexibility index (Phi) is 4.04. The number of halogens is 1. The highest BCUT2D eigenvalue weighted by atomic mass is 32.1. The number of carbonyl (C=O) groups is 1. The summed E-state index contributed by atoms with van der Waals surface area (Å²) in [6.45, 7) is 3.48. The van der Waals surface area contributed by atoms with E-state index in [1.807, 2.05) is 6.92 Å². The van der Waals surface area contributed by atoms with Gasteiger partial charge in [-0.2, -0.15) is 0 Å². The third-order valence-corrected chi connectivity index (χ3v) is 4.17. The second-order valence-corrected chi connectivity index (χ2v) is 5.69. The van der Waals surface area contributed by atoms with E-state index in [0.717, 1.165) is 4.88 Å². The first-order valence-corrected chi connectivity index (χ1v) is 6.92. The molecule has 0 radical (unpaired) electrons. The van der Waals surface area contributed by atoms with Crippen molar-refractivity contribution in [1.82, 2.24) is 4.57 Å². The molecule has 0 saturated carbocycles. The molecule has 1 N–H and O–H groups in total. The fourth-order valence-electron chi connectivity index (χ4n) is 2.05. The van der Waals surface area contributed by atoms with Crippen molar-refractivity contribution < 1.29 is 14.3 Å². The van der Waals surface area contributed by atoms with Crippen LogP contribution in [0.15, 0.2) is 29.3 Å². The number of thiazole rings is 1. The molecule has 1 heterocycles. The van der Waals surface area contributed by atoms with Crippen LogP contribution in [-0.2, 0) is 11.8 Å². The Hall–Kier alpha value is -1.95. The summed E-state index contributed by atoms with van der Waals surface area (Å²) in [5.41, 5.74) is 0.941. The van der Waals surface area contributed by atoms with E-state index >= 15 is 0 Å². The second-order valence-electron chi connectivity index (χ2n) is 4.51. The van der Waals surface area contributed by atoms with Gasteiger partial charge in [0.25, 0.3) is 0 Å². The van der Waals surface area contributed by atoms with Crippen LogP contribution in [0.1, 0.15) is 23.4 Å². The van der Waals surface area contributed by atoms with Crippen molar-refractivity contribution >= 4 is 23.0 Å². The summed E-state index contributed by atoms with van der Waals surface area (Å²) in [4.78, 5) is 16.9. The van der Waals surface area contributed by atoms with Gasteiger partial charge >= 0.3 is 5.97 Å². The Morgan fingerprint density at radius 3 is 2.70 bits per heavy atom. The van der Waals surface area contributed by atoms with E-state index in [9.17, 15) is 9.18 Å². The van der Waals surface area contributed by atoms with Crippen LogP contribution in [0.4, 0.5) is 10.1 Å². The quantitative estimate of drug-likeness (QED) is 0.946. The second kappa shape index (κ2) is 5.58. The maximum absolute atomic E-state index is 13.6. The molecule has 106 valence electrons. The van der Waals surface area contributed by atoms with Gasteiger partial charge in [-0.15, -0.1) is 11.3 Å². The van der Waals surface area contributed by atoms with Crippen molar-refractivity contribution in [2.24, 2.45) is 12.0 Å². The van der Waals surface area contributed by atoms with Crippen LogP contribution in [0.2, 0.25) is 0 Å². The molecule has 0 saturated heterocycles. The molecule has 1 aromatic heterocycles. The molecule has 1 aromatic carbocycles. The number of carboxylic acids is 1. The number of nitrogens with zero attached hydrogens (tertiary/aromatic N) is 2. The molecule has 2 rings (SSSR count). The van der Waals surface area contributed by atoms with Gasteiger partial charge in [-0.1, -0.05) is 12.1 Å². The Bertz CT molecular complexity index is 718.